The zero-order chi connectivity index (χ0) is 19.3. The Morgan fingerprint density at radius 2 is 2.15 bits per heavy atom. The Labute approximate surface area is 150 Å². The van der Waals surface area contributed by atoms with E-state index >= 15 is 0 Å². The van der Waals surface area contributed by atoms with Gasteiger partial charge in [-0.2, -0.15) is 5.10 Å². The number of anilines is 1. The lowest BCUT2D eigenvalue weighted by molar-refractivity contribution is -0.385. The molecule has 0 aliphatic heterocycles. The average molecular weight is 359 g/mol. The molecule has 1 unspecified atom stereocenters. The molecule has 0 aliphatic carbocycles. The summed E-state index contributed by atoms with van der Waals surface area (Å²) in [4.78, 5) is 36.4. The molecular formula is C17H21N5O4. The van der Waals surface area contributed by atoms with E-state index in [9.17, 15) is 19.7 Å². The molecule has 0 saturated carbocycles. The van der Waals surface area contributed by atoms with Gasteiger partial charge in [-0.15, -0.1) is 0 Å². The minimum Gasteiger partial charge on any atom is -0.335 e. The van der Waals surface area contributed by atoms with Gasteiger partial charge in [-0.05, 0) is 25.5 Å². The first kappa shape index (κ1) is 19.1. The summed E-state index contributed by atoms with van der Waals surface area (Å²) in [6, 6.07) is 5.72. The van der Waals surface area contributed by atoms with Gasteiger partial charge in [-0.25, -0.2) is 0 Å². The van der Waals surface area contributed by atoms with Crippen molar-refractivity contribution in [1.82, 2.24) is 14.7 Å². The van der Waals surface area contributed by atoms with Crippen LogP contribution in [0.2, 0.25) is 0 Å². The summed E-state index contributed by atoms with van der Waals surface area (Å²) in [6.45, 7) is 3.34. The standard InChI is InChI=1S/C17H21N5O4/c1-4-13-6-7-14(10-15(13)22(25)26)19-16(23)11-20(3)17(24)12(2)21-9-5-8-18-21/h5-10,12H,4,11H2,1-3H3,(H,19,23). The number of aryl methyl sites for hydroxylation is 1. The zero-order valence-corrected chi connectivity index (χ0v) is 14.9. The van der Waals surface area contributed by atoms with Crippen LogP contribution in [0.5, 0.6) is 0 Å². The molecular weight excluding hydrogens is 338 g/mol. The highest BCUT2D eigenvalue weighted by Crippen LogP contribution is 2.23. The van der Waals surface area contributed by atoms with Gasteiger partial charge in [-0.3, -0.25) is 24.4 Å². The summed E-state index contributed by atoms with van der Waals surface area (Å²) in [7, 11) is 1.52. The van der Waals surface area contributed by atoms with Crippen LogP contribution in [0.1, 0.15) is 25.5 Å². The summed E-state index contributed by atoms with van der Waals surface area (Å²) >= 11 is 0. The molecule has 1 atom stereocenters. The molecule has 2 amide bonds. The van der Waals surface area contributed by atoms with E-state index in [0.717, 1.165) is 0 Å². The molecule has 1 N–H and O–H groups in total. The summed E-state index contributed by atoms with van der Waals surface area (Å²) in [5.74, 6) is -0.705. The largest absolute Gasteiger partial charge is 0.335 e. The van der Waals surface area contributed by atoms with E-state index in [1.807, 2.05) is 6.92 Å². The summed E-state index contributed by atoms with van der Waals surface area (Å²) in [5.41, 5.74) is 0.871. The van der Waals surface area contributed by atoms with Gasteiger partial charge in [0.1, 0.15) is 6.04 Å². The van der Waals surface area contributed by atoms with Gasteiger partial charge in [0.05, 0.1) is 11.5 Å². The van der Waals surface area contributed by atoms with E-state index in [0.29, 0.717) is 17.7 Å². The van der Waals surface area contributed by atoms with Crippen LogP contribution < -0.4 is 5.32 Å². The number of amides is 2. The number of rotatable bonds is 7. The van der Waals surface area contributed by atoms with E-state index < -0.39 is 16.9 Å². The first-order valence-electron chi connectivity index (χ1n) is 8.14. The zero-order valence-electron chi connectivity index (χ0n) is 14.9. The monoisotopic (exact) mass is 359 g/mol. The minimum atomic E-state index is -0.535. The molecule has 138 valence electrons. The lowest BCUT2D eigenvalue weighted by atomic mass is 10.1. The predicted molar refractivity (Wildman–Crippen MR) is 95.7 cm³/mol. The molecule has 0 bridgehead atoms. The van der Waals surface area contributed by atoms with Gasteiger partial charge in [0, 0.05) is 36.8 Å². The molecule has 9 nitrogen and oxygen atoms in total. The number of nitrogens with zero attached hydrogens (tertiary/aromatic N) is 4. The van der Waals surface area contributed by atoms with Crippen molar-refractivity contribution < 1.29 is 14.5 Å². The number of hydrogen-bond acceptors (Lipinski definition) is 5. The van der Waals surface area contributed by atoms with Crippen LogP contribution in [0.3, 0.4) is 0 Å². The molecule has 9 heteroatoms. The number of benzene rings is 1. The Kier molecular flexibility index (Phi) is 6.05. The lowest BCUT2D eigenvalue weighted by Gasteiger charge is -2.21. The average Bonchev–Trinajstić information content (AvgIpc) is 3.14. The number of nitro benzene ring substituents is 1. The quantitative estimate of drug-likeness (QED) is 0.600. The summed E-state index contributed by atoms with van der Waals surface area (Å²) in [5, 5.41) is 17.7. The molecule has 0 spiro atoms. The molecule has 0 radical (unpaired) electrons. The van der Waals surface area contributed by atoms with Crippen LogP contribution in [0, 0.1) is 10.1 Å². The normalized spacial score (nSPS) is 11.7. The molecule has 1 aromatic carbocycles. The second-order valence-corrected chi connectivity index (χ2v) is 5.86. The number of nitro groups is 1. The predicted octanol–water partition coefficient (Wildman–Crippen LogP) is 2.01. The Morgan fingerprint density at radius 3 is 2.73 bits per heavy atom. The summed E-state index contributed by atoms with van der Waals surface area (Å²) in [6.07, 6.45) is 3.77. The van der Waals surface area contributed by atoms with Crippen molar-refractivity contribution >= 4 is 23.2 Å². The third-order valence-electron chi connectivity index (χ3n) is 3.98. The van der Waals surface area contributed by atoms with Gasteiger partial charge in [0.15, 0.2) is 0 Å². The van der Waals surface area contributed by atoms with Crippen molar-refractivity contribution in [2.75, 3.05) is 18.9 Å². The van der Waals surface area contributed by atoms with E-state index in [1.165, 1.54) is 22.7 Å². The molecule has 26 heavy (non-hydrogen) atoms. The highest BCUT2D eigenvalue weighted by Gasteiger charge is 2.21. The number of carbonyl (C=O) groups is 2. The Hall–Kier alpha value is -3.23. The smallest absolute Gasteiger partial charge is 0.274 e. The first-order chi connectivity index (χ1) is 12.3. The van der Waals surface area contributed by atoms with Crippen molar-refractivity contribution in [2.24, 2.45) is 0 Å². The highest BCUT2D eigenvalue weighted by molar-refractivity contribution is 5.95. The Morgan fingerprint density at radius 1 is 1.42 bits per heavy atom. The molecule has 0 fully saturated rings. The third kappa shape index (κ3) is 4.44. The second-order valence-electron chi connectivity index (χ2n) is 5.86. The maximum atomic E-state index is 12.4. The minimum absolute atomic E-state index is 0.0398. The molecule has 2 rings (SSSR count). The number of likely N-dealkylation sites (N-methyl/N-ethyl adjacent to an activating group) is 1. The van der Waals surface area contributed by atoms with Crippen molar-refractivity contribution in [3.8, 4) is 0 Å². The number of hydrogen-bond donors (Lipinski definition) is 1. The fraction of sp³-hybridized carbons (Fsp3) is 0.353. The van der Waals surface area contributed by atoms with Gasteiger partial charge < -0.3 is 10.2 Å². The lowest BCUT2D eigenvalue weighted by Crippen LogP contribution is -2.38. The molecule has 2 aromatic rings. The topological polar surface area (TPSA) is 110 Å². The van der Waals surface area contributed by atoms with E-state index in [1.54, 1.807) is 37.5 Å². The van der Waals surface area contributed by atoms with Gasteiger partial charge >= 0.3 is 0 Å². The maximum absolute atomic E-state index is 12.4. The molecule has 0 saturated heterocycles. The Bertz CT molecular complexity index is 803. The Balaban J connectivity index is 2.01. The SMILES string of the molecule is CCc1ccc(NC(=O)CN(C)C(=O)C(C)n2cccn2)cc1[N+](=O)[O-]. The van der Waals surface area contributed by atoms with Crippen LogP contribution in [-0.4, -0.2) is 45.0 Å². The number of carbonyl (C=O) groups excluding carboxylic acids is 2. The van der Waals surface area contributed by atoms with E-state index in [2.05, 4.69) is 10.4 Å². The van der Waals surface area contributed by atoms with Crippen molar-refractivity contribution in [1.29, 1.82) is 0 Å². The van der Waals surface area contributed by atoms with Gasteiger partial charge in [0.25, 0.3) is 5.69 Å². The van der Waals surface area contributed by atoms with Gasteiger partial charge in [-0.1, -0.05) is 13.0 Å². The maximum Gasteiger partial charge on any atom is 0.274 e. The second kappa shape index (κ2) is 8.24. The number of nitrogens with one attached hydrogen (secondary N) is 1. The van der Waals surface area contributed by atoms with Gasteiger partial charge in [0.2, 0.25) is 11.8 Å². The fourth-order valence-electron chi connectivity index (χ4n) is 2.55. The van der Waals surface area contributed by atoms with Crippen LogP contribution in [-0.2, 0) is 16.0 Å². The molecule has 0 aliphatic rings. The van der Waals surface area contributed by atoms with Crippen molar-refractivity contribution in [3.63, 3.8) is 0 Å². The van der Waals surface area contributed by atoms with Crippen molar-refractivity contribution in [2.45, 2.75) is 26.3 Å². The van der Waals surface area contributed by atoms with Crippen LogP contribution in [0.4, 0.5) is 11.4 Å². The van der Waals surface area contributed by atoms with E-state index in [-0.39, 0.29) is 18.1 Å². The fourth-order valence-corrected chi connectivity index (χ4v) is 2.55. The third-order valence-corrected chi connectivity index (χ3v) is 3.98. The van der Waals surface area contributed by atoms with Crippen LogP contribution in [0.25, 0.3) is 0 Å². The highest BCUT2D eigenvalue weighted by atomic mass is 16.6. The van der Waals surface area contributed by atoms with Crippen LogP contribution in [0.15, 0.2) is 36.7 Å². The first-order valence-corrected chi connectivity index (χ1v) is 8.14. The summed E-state index contributed by atoms with van der Waals surface area (Å²) < 4.78 is 1.50. The molecule has 1 aromatic heterocycles. The van der Waals surface area contributed by atoms with E-state index in [4.69, 9.17) is 0 Å². The molecule has 1 heterocycles. The number of aromatic nitrogens is 2. The van der Waals surface area contributed by atoms with Crippen molar-refractivity contribution in [3.05, 3.63) is 52.3 Å². The van der Waals surface area contributed by atoms with Crippen LogP contribution >= 0.6 is 0 Å².